The van der Waals surface area contributed by atoms with E-state index in [0.29, 0.717) is 25.8 Å². The van der Waals surface area contributed by atoms with Gasteiger partial charge in [-0.1, -0.05) is 55.8 Å². The van der Waals surface area contributed by atoms with Crippen LogP contribution in [-0.2, 0) is 25.5 Å². The van der Waals surface area contributed by atoms with Gasteiger partial charge in [0.2, 0.25) is 17.7 Å². The maximum atomic E-state index is 13.5. The fourth-order valence-electron chi connectivity index (χ4n) is 4.60. The van der Waals surface area contributed by atoms with E-state index in [1.54, 1.807) is 0 Å². The number of aliphatic hydroxyl groups excluding tert-OH is 1. The zero-order chi connectivity index (χ0) is 28.2. The summed E-state index contributed by atoms with van der Waals surface area (Å²) in [5, 5.41) is 16.7. The highest BCUT2D eigenvalue weighted by Gasteiger charge is 2.37. The molecule has 1 heterocycles. The number of ether oxygens (including phenoxy) is 1. The first-order valence-electron chi connectivity index (χ1n) is 13.3. The summed E-state index contributed by atoms with van der Waals surface area (Å²) in [6.07, 6.45) is 2.90. The van der Waals surface area contributed by atoms with Crippen molar-refractivity contribution in [3.8, 4) is 0 Å². The Hall–Kier alpha value is -3.31. The van der Waals surface area contributed by atoms with E-state index in [1.165, 1.54) is 4.90 Å². The number of amides is 4. The molecule has 0 bridgehead atoms. The van der Waals surface area contributed by atoms with Crippen LogP contribution in [0.4, 0.5) is 4.79 Å². The number of aliphatic hydroxyl groups is 1. The Bertz CT molecular complexity index is 1150. The summed E-state index contributed by atoms with van der Waals surface area (Å²) in [5.41, 5.74) is 6.50. The molecule has 0 radical (unpaired) electrons. The van der Waals surface area contributed by atoms with E-state index >= 15 is 0 Å². The lowest BCUT2D eigenvalue weighted by Crippen LogP contribution is -2.60. The number of carbonyl (C=O) groups excluding carboxylic acids is 4. The van der Waals surface area contributed by atoms with Crippen LogP contribution in [0.1, 0.15) is 44.6 Å². The Morgan fingerprint density at radius 2 is 1.87 bits per heavy atom. The van der Waals surface area contributed by atoms with Crippen molar-refractivity contribution >= 4 is 46.3 Å². The number of alkyl carbamates (subject to hydrolysis) is 1. The second kappa shape index (κ2) is 15.3. The highest BCUT2D eigenvalue weighted by molar-refractivity contribution is 7.99. The van der Waals surface area contributed by atoms with Gasteiger partial charge < -0.3 is 31.1 Å². The van der Waals surface area contributed by atoms with Crippen molar-refractivity contribution in [3.05, 3.63) is 48.0 Å². The van der Waals surface area contributed by atoms with Crippen LogP contribution in [0.2, 0.25) is 0 Å². The number of unbranched alkanes of at least 4 members (excludes halogenated alkanes) is 1. The van der Waals surface area contributed by atoms with E-state index in [0.717, 1.165) is 40.9 Å². The number of nitrogens with two attached hydrogens (primary N) is 1. The number of thioether (sulfide) groups is 1. The minimum absolute atomic E-state index is 0.120. The first-order valence-corrected chi connectivity index (χ1v) is 14.5. The fraction of sp³-hybridized carbons (Fsp3) is 0.500. The third kappa shape index (κ3) is 8.86. The summed E-state index contributed by atoms with van der Waals surface area (Å²) in [4.78, 5) is 52.9. The van der Waals surface area contributed by atoms with E-state index in [-0.39, 0.29) is 24.7 Å². The monoisotopic (exact) mass is 558 g/mol. The third-order valence-corrected chi connectivity index (χ3v) is 7.45. The summed E-state index contributed by atoms with van der Waals surface area (Å²) >= 11 is 1.08. The van der Waals surface area contributed by atoms with Crippen LogP contribution in [0.25, 0.3) is 10.8 Å². The molecule has 10 nitrogen and oxygen atoms in total. The average Bonchev–Trinajstić information content (AvgIpc) is 2.94. The van der Waals surface area contributed by atoms with Gasteiger partial charge in [0.1, 0.15) is 18.1 Å². The number of nitrogens with zero attached hydrogens (tertiary/aromatic N) is 1. The smallest absolute Gasteiger partial charge is 0.407 e. The molecule has 0 aromatic heterocycles. The van der Waals surface area contributed by atoms with Crippen LogP contribution in [-0.4, -0.2) is 76.8 Å². The predicted molar refractivity (Wildman–Crippen MR) is 151 cm³/mol. The van der Waals surface area contributed by atoms with Gasteiger partial charge in [0.05, 0.1) is 12.5 Å². The molecule has 1 aliphatic heterocycles. The Morgan fingerprint density at radius 1 is 1.10 bits per heavy atom. The average molecular weight is 559 g/mol. The lowest BCUT2D eigenvalue weighted by molar-refractivity contribution is -0.144. The van der Waals surface area contributed by atoms with E-state index in [9.17, 15) is 24.3 Å². The molecular formula is C28H38N4O6S. The number of hydrogen-bond donors (Lipinski definition) is 4. The number of hydrogen-bond acceptors (Lipinski definition) is 7. The van der Waals surface area contributed by atoms with E-state index < -0.39 is 41.9 Å². The topological polar surface area (TPSA) is 151 Å². The summed E-state index contributed by atoms with van der Waals surface area (Å²) in [6, 6.07) is 10.9. The first kappa shape index (κ1) is 30.2. The number of fused-ring (bicyclic) bond motifs is 1. The number of nitrogens with one attached hydrogen (secondary N) is 2. The highest BCUT2D eigenvalue weighted by atomic mass is 32.2. The van der Waals surface area contributed by atoms with Gasteiger partial charge in [0.25, 0.3) is 0 Å². The lowest BCUT2D eigenvalue weighted by Gasteiger charge is -2.37. The zero-order valence-corrected chi connectivity index (χ0v) is 23.1. The van der Waals surface area contributed by atoms with Crippen LogP contribution in [0.3, 0.4) is 0 Å². The molecule has 3 rings (SSSR count). The number of rotatable bonds is 13. The Kier molecular flexibility index (Phi) is 11.9. The van der Waals surface area contributed by atoms with Crippen molar-refractivity contribution in [2.24, 2.45) is 5.73 Å². The van der Waals surface area contributed by atoms with Gasteiger partial charge in [-0.2, -0.15) is 0 Å². The molecule has 39 heavy (non-hydrogen) atoms. The van der Waals surface area contributed by atoms with Gasteiger partial charge in [-0.25, -0.2) is 4.79 Å². The molecule has 4 amide bonds. The highest BCUT2D eigenvalue weighted by Crippen LogP contribution is 2.21. The molecule has 2 aromatic carbocycles. The van der Waals surface area contributed by atoms with E-state index in [1.807, 2.05) is 49.4 Å². The molecule has 1 fully saturated rings. The van der Waals surface area contributed by atoms with Crippen LogP contribution in [0, 0.1) is 0 Å². The summed E-state index contributed by atoms with van der Waals surface area (Å²) < 4.78 is 5.14. The SMILES string of the molecule is CCCCOC(=O)N[C@@H](CSCO)C(=O)N1CCCC[C@H]1C(=O)N[C@@H](Cc1ccc2ccccc2c1)C(N)=O. The van der Waals surface area contributed by atoms with Crippen molar-refractivity contribution in [2.75, 3.05) is 24.8 Å². The standard InChI is InChI=1S/C28H38N4O6S/c1-2-3-14-38-28(37)31-23(17-39-18-33)27(36)32-13-7-6-10-24(32)26(35)30-22(25(29)34)16-19-11-12-20-8-4-5-9-21(20)15-19/h4-5,8-9,11-12,15,22-24,33H,2-3,6-7,10,13-14,16-18H2,1H3,(H2,29,34)(H,30,35)(H,31,37)/t22-,23-,24-/m0/s1. The van der Waals surface area contributed by atoms with Gasteiger partial charge in [0, 0.05) is 18.7 Å². The third-order valence-electron chi connectivity index (χ3n) is 6.70. The molecule has 0 spiro atoms. The van der Waals surface area contributed by atoms with Crippen molar-refractivity contribution in [2.45, 2.75) is 63.6 Å². The minimum Gasteiger partial charge on any atom is -0.450 e. The molecular weight excluding hydrogens is 520 g/mol. The molecule has 0 aliphatic carbocycles. The second-order valence-electron chi connectivity index (χ2n) is 9.58. The number of carbonyl (C=O) groups is 4. The number of piperidine rings is 1. The molecule has 5 N–H and O–H groups in total. The van der Waals surface area contributed by atoms with Gasteiger partial charge in [-0.15, -0.1) is 11.8 Å². The number of primary amides is 1. The van der Waals surface area contributed by atoms with E-state index in [2.05, 4.69) is 10.6 Å². The molecule has 1 saturated heterocycles. The van der Waals surface area contributed by atoms with Crippen molar-refractivity contribution in [1.29, 1.82) is 0 Å². The maximum absolute atomic E-state index is 13.5. The van der Waals surface area contributed by atoms with Gasteiger partial charge in [0.15, 0.2) is 0 Å². The largest absolute Gasteiger partial charge is 0.450 e. The van der Waals surface area contributed by atoms with E-state index in [4.69, 9.17) is 10.5 Å². The maximum Gasteiger partial charge on any atom is 0.407 e. The van der Waals surface area contributed by atoms with Crippen LogP contribution in [0.15, 0.2) is 42.5 Å². The lowest BCUT2D eigenvalue weighted by atomic mass is 9.98. The molecule has 0 saturated carbocycles. The van der Waals surface area contributed by atoms with Gasteiger partial charge in [-0.05, 0) is 42.0 Å². The minimum atomic E-state index is -0.978. The summed E-state index contributed by atoms with van der Waals surface area (Å²) in [6.45, 7) is 2.53. The zero-order valence-electron chi connectivity index (χ0n) is 22.3. The van der Waals surface area contributed by atoms with Gasteiger partial charge >= 0.3 is 6.09 Å². The molecule has 0 unspecified atom stereocenters. The molecule has 3 atom stereocenters. The molecule has 212 valence electrons. The van der Waals surface area contributed by atoms with Crippen molar-refractivity contribution < 1.29 is 29.0 Å². The quantitative estimate of drug-likeness (QED) is 0.218. The normalized spacial score (nSPS) is 16.8. The predicted octanol–water partition coefficient (Wildman–Crippen LogP) is 2.31. The molecule has 11 heteroatoms. The fourth-order valence-corrected chi connectivity index (χ4v) is 5.17. The van der Waals surface area contributed by atoms with Gasteiger partial charge in [-0.3, -0.25) is 14.4 Å². The summed E-state index contributed by atoms with van der Waals surface area (Å²) in [7, 11) is 0. The number of likely N-dealkylation sites (tertiary alicyclic amines) is 1. The summed E-state index contributed by atoms with van der Waals surface area (Å²) in [5.74, 6) is -1.68. The van der Waals surface area contributed by atoms with Crippen LogP contribution < -0.4 is 16.4 Å². The van der Waals surface area contributed by atoms with Crippen LogP contribution >= 0.6 is 11.8 Å². The Morgan fingerprint density at radius 3 is 2.59 bits per heavy atom. The molecule has 2 aromatic rings. The molecule has 1 aliphatic rings. The Labute approximate surface area is 233 Å². The number of benzene rings is 2. The first-order chi connectivity index (χ1) is 18.8. The van der Waals surface area contributed by atoms with Crippen LogP contribution in [0.5, 0.6) is 0 Å². The van der Waals surface area contributed by atoms with Crippen molar-refractivity contribution in [3.63, 3.8) is 0 Å². The van der Waals surface area contributed by atoms with Crippen molar-refractivity contribution in [1.82, 2.24) is 15.5 Å². The second-order valence-corrected chi connectivity index (χ2v) is 10.6. The Balaban J connectivity index is 1.70.